The summed E-state index contributed by atoms with van der Waals surface area (Å²) in [6, 6.07) is 0. The van der Waals surface area contributed by atoms with Crippen molar-refractivity contribution in [1.82, 2.24) is 0 Å². The van der Waals surface area contributed by atoms with Crippen LogP contribution in [0.15, 0.2) is 11.1 Å². The van der Waals surface area contributed by atoms with Crippen molar-refractivity contribution in [3.8, 4) is 0 Å². The van der Waals surface area contributed by atoms with Crippen LogP contribution >= 0.6 is 0 Å². The van der Waals surface area contributed by atoms with Gasteiger partial charge in [0.1, 0.15) is 5.57 Å². The maximum Gasteiger partial charge on any atom is 0.343 e. The topological polar surface area (TPSA) is 74.6 Å². The van der Waals surface area contributed by atoms with Crippen LogP contribution in [0.25, 0.3) is 0 Å². The Balaban J connectivity index is 5.95. The second-order valence-electron chi connectivity index (χ2n) is 4.55. The predicted octanol–water partition coefficient (Wildman–Crippen LogP) is 3.47. The normalized spacial score (nSPS) is 11.1. The zero-order valence-electron chi connectivity index (χ0n) is 11.7. The first-order chi connectivity index (χ1) is 8.40. The van der Waals surface area contributed by atoms with Crippen LogP contribution in [0, 0.1) is 5.41 Å². The number of aliphatic carboxylic acids is 2. The Morgan fingerprint density at radius 3 is 1.61 bits per heavy atom. The van der Waals surface area contributed by atoms with Crippen molar-refractivity contribution < 1.29 is 19.8 Å². The summed E-state index contributed by atoms with van der Waals surface area (Å²) in [6.45, 7) is 7.86. The number of carbonyl (C=O) groups is 2. The fourth-order valence-electron chi connectivity index (χ4n) is 2.83. The van der Waals surface area contributed by atoms with E-state index in [0.29, 0.717) is 12.0 Å². The van der Waals surface area contributed by atoms with E-state index in [-0.39, 0.29) is 5.41 Å². The number of allylic oxidation sites excluding steroid dienone is 1. The molecule has 0 saturated carbocycles. The lowest BCUT2D eigenvalue weighted by molar-refractivity contribution is -0.140. The van der Waals surface area contributed by atoms with E-state index in [1.807, 2.05) is 27.7 Å². The van der Waals surface area contributed by atoms with E-state index >= 15 is 0 Å². The highest BCUT2D eigenvalue weighted by atomic mass is 16.4. The molecule has 0 rings (SSSR count). The van der Waals surface area contributed by atoms with Crippen LogP contribution in [0.4, 0.5) is 0 Å². The van der Waals surface area contributed by atoms with Gasteiger partial charge >= 0.3 is 11.9 Å². The molecule has 0 spiro atoms. The second kappa shape index (κ2) is 7.19. The van der Waals surface area contributed by atoms with Crippen molar-refractivity contribution >= 4 is 11.9 Å². The Hall–Kier alpha value is -1.32. The molecule has 0 unspecified atom stereocenters. The molecule has 0 bridgehead atoms. The molecule has 0 aromatic heterocycles. The van der Waals surface area contributed by atoms with Gasteiger partial charge in [-0.15, -0.1) is 0 Å². The molecule has 0 amide bonds. The molecule has 0 heterocycles. The predicted molar refractivity (Wildman–Crippen MR) is 70.5 cm³/mol. The summed E-state index contributed by atoms with van der Waals surface area (Å²) in [6.07, 6.45) is 3.75. The Bertz CT molecular complexity index is 322. The van der Waals surface area contributed by atoms with Crippen molar-refractivity contribution in [2.45, 2.75) is 59.8 Å². The summed E-state index contributed by atoms with van der Waals surface area (Å²) in [4.78, 5) is 22.4. The molecule has 0 aromatic carbocycles. The molecule has 0 saturated heterocycles. The number of hydrogen-bond donors (Lipinski definition) is 2. The largest absolute Gasteiger partial charge is 0.477 e. The number of rotatable bonds is 8. The molecule has 4 nitrogen and oxygen atoms in total. The van der Waals surface area contributed by atoms with Gasteiger partial charge in [-0.05, 0) is 36.7 Å². The molecular formula is C14H24O4. The zero-order valence-corrected chi connectivity index (χ0v) is 11.7. The first-order valence-electron chi connectivity index (χ1n) is 6.60. The van der Waals surface area contributed by atoms with Crippen molar-refractivity contribution in [1.29, 1.82) is 0 Å². The molecule has 104 valence electrons. The van der Waals surface area contributed by atoms with Gasteiger partial charge in [0.2, 0.25) is 0 Å². The van der Waals surface area contributed by atoms with Gasteiger partial charge in [-0.2, -0.15) is 0 Å². The average Bonchev–Trinajstić information content (AvgIpc) is 2.32. The first-order valence-corrected chi connectivity index (χ1v) is 6.60. The lowest BCUT2D eigenvalue weighted by atomic mass is 9.69. The van der Waals surface area contributed by atoms with Gasteiger partial charge in [0.25, 0.3) is 0 Å². The third-order valence-electron chi connectivity index (χ3n) is 3.81. The number of carboxylic acids is 2. The van der Waals surface area contributed by atoms with Gasteiger partial charge in [0.15, 0.2) is 0 Å². The van der Waals surface area contributed by atoms with Crippen molar-refractivity contribution in [3.63, 3.8) is 0 Å². The van der Waals surface area contributed by atoms with Crippen LogP contribution in [0.3, 0.4) is 0 Å². The van der Waals surface area contributed by atoms with Gasteiger partial charge in [-0.1, -0.05) is 34.1 Å². The van der Waals surface area contributed by atoms with E-state index in [1.165, 1.54) is 0 Å². The lowest BCUT2D eigenvalue weighted by Crippen LogP contribution is -2.27. The highest BCUT2D eigenvalue weighted by Crippen LogP contribution is 2.42. The third-order valence-corrected chi connectivity index (χ3v) is 3.81. The van der Waals surface area contributed by atoms with E-state index in [9.17, 15) is 9.59 Å². The minimum Gasteiger partial charge on any atom is -0.477 e. The van der Waals surface area contributed by atoms with E-state index < -0.39 is 17.5 Å². The van der Waals surface area contributed by atoms with E-state index in [2.05, 4.69) is 0 Å². The maximum absolute atomic E-state index is 11.2. The Labute approximate surface area is 109 Å². The van der Waals surface area contributed by atoms with Crippen molar-refractivity contribution in [2.75, 3.05) is 0 Å². The first kappa shape index (κ1) is 16.7. The Morgan fingerprint density at radius 2 is 1.39 bits per heavy atom. The summed E-state index contributed by atoms with van der Waals surface area (Å²) in [5.41, 5.74) is -0.153. The van der Waals surface area contributed by atoms with Crippen LogP contribution in [0.5, 0.6) is 0 Å². The summed E-state index contributed by atoms with van der Waals surface area (Å²) in [5, 5.41) is 18.3. The lowest BCUT2D eigenvalue weighted by Gasteiger charge is -2.35. The highest BCUT2D eigenvalue weighted by molar-refractivity contribution is 6.13. The molecule has 0 aliphatic heterocycles. The Kier molecular flexibility index (Phi) is 6.66. The summed E-state index contributed by atoms with van der Waals surface area (Å²) < 4.78 is 0. The number of hydrogen-bond acceptors (Lipinski definition) is 2. The summed E-state index contributed by atoms with van der Waals surface area (Å²) in [5.74, 6) is -2.66. The minimum atomic E-state index is -1.33. The molecular weight excluding hydrogens is 232 g/mol. The monoisotopic (exact) mass is 256 g/mol. The molecule has 2 N–H and O–H groups in total. The van der Waals surface area contributed by atoms with E-state index in [1.54, 1.807) is 0 Å². The average molecular weight is 256 g/mol. The molecule has 4 heteroatoms. The van der Waals surface area contributed by atoms with Crippen LogP contribution in [0.2, 0.25) is 0 Å². The molecule has 0 aromatic rings. The van der Waals surface area contributed by atoms with Gasteiger partial charge in [0, 0.05) is 0 Å². The molecule has 0 aliphatic rings. The van der Waals surface area contributed by atoms with Gasteiger partial charge in [0.05, 0.1) is 0 Å². The summed E-state index contributed by atoms with van der Waals surface area (Å²) >= 11 is 0. The van der Waals surface area contributed by atoms with Crippen LogP contribution in [-0.2, 0) is 9.59 Å². The molecule has 18 heavy (non-hydrogen) atoms. The maximum atomic E-state index is 11.2. The van der Waals surface area contributed by atoms with Gasteiger partial charge < -0.3 is 10.2 Å². The van der Waals surface area contributed by atoms with E-state index in [0.717, 1.165) is 25.7 Å². The number of carboxylic acid groups (broad SMARTS) is 2. The molecule has 0 radical (unpaired) electrons. The SMILES string of the molecule is CCCC(CC)(CC)C(CC)=C(C(=O)O)C(=O)O. The fraction of sp³-hybridized carbons (Fsp3) is 0.714. The second-order valence-corrected chi connectivity index (χ2v) is 4.55. The van der Waals surface area contributed by atoms with Gasteiger partial charge in [-0.25, -0.2) is 9.59 Å². The minimum absolute atomic E-state index is 0.296. The standard InChI is InChI=1S/C14H24O4/c1-5-9-14(7-3,8-4)10(6-2)11(12(15)16)13(17)18/h5-9H2,1-4H3,(H,15,16)(H,17,18). The Morgan fingerprint density at radius 1 is 0.944 bits per heavy atom. The molecule has 0 fully saturated rings. The highest BCUT2D eigenvalue weighted by Gasteiger charge is 2.35. The molecule has 0 aliphatic carbocycles. The summed E-state index contributed by atoms with van der Waals surface area (Å²) in [7, 11) is 0. The smallest absolute Gasteiger partial charge is 0.343 e. The fourth-order valence-corrected chi connectivity index (χ4v) is 2.83. The van der Waals surface area contributed by atoms with Crippen molar-refractivity contribution in [2.24, 2.45) is 5.41 Å². The molecule has 0 atom stereocenters. The van der Waals surface area contributed by atoms with Crippen LogP contribution in [0.1, 0.15) is 59.8 Å². The van der Waals surface area contributed by atoms with Crippen LogP contribution < -0.4 is 0 Å². The third kappa shape index (κ3) is 3.34. The quantitative estimate of drug-likeness (QED) is 0.396. The van der Waals surface area contributed by atoms with Crippen LogP contribution in [-0.4, -0.2) is 22.2 Å². The zero-order chi connectivity index (χ0) is 14.3. The van der Waals surface area contributed by atoms with Gasteiger partial charge in [-0.3, -0.25) is 0 Å². The van der Waals surface area contributed by atoms with Crippen molar-refractivity contribution in [3.05, 3.63) is 11.1 Å². The van der Waals surface area contributed by atoms with E-state index in [4.69, 9.17) is 10.2 Å².